The van der Waals surface area contributed by atoms with Crippen molar-refractivity contribution in [2.75, 3.05) is 6.61 Å². The lowest BCUT2D eigenvalue weighted by Gasteiger charge is -2.22. The van der Waals surface area contributed by atoms with E-state index >= 15 is 0 Å². The van der Waals surface area contributed by atoms with Crippen molar-refractivity contribution in [3.05, 3.63) is 0 Å². The van der Waals surface area contributed by atoms with Gasteiger partial charge in [0.25, 0.3) is 0 Å². The van der Waals surface area contributed by atoms with Crippen LogP contribution in [0, 0.1) is 0 Å². The molecule has 0 amide bonds. The summed E-state index contributed by atoms with van der Waals surface area (Å²) in [5, 5.41) is 0. The molecule has 0 saturated carbocycles. The fourth-order valence-corrected chi connectivity index (χ4v) is 1.59. The first kappa shape index (κ1) is 11.9. The summed E-state index contributed by atoms with van der Waals surface area (Å²) in [6, 6.07) is 0. The highest BCUT2D eigenvalue weighted by Gasteiger charge is 2.33. The van der Waals surface area contributed by atoms with Crippen LogP contribution in [0.1, 0.15) is 40.0 Å². The van der Waals surface area contributed by atoms with Gasteiger partial charge in [0.1, 0.15) is 4.32 Å². The third kappa shape index (κ3) is 3.13. The zero-order valence-electron chi connectivity index (χ0n) is 8.02. The van der Waals surface area contributed by atoms with Gasteiger partial charge in [-0.2, -0.15) is 0 Å². The minimum absolute atomic E-state index is 0.130. The zero-order chi connectivity index (χ0) is 9.61. The number of hydrogen-bond acceptors (Lipinski definition) is 2. The Morgan fingerprint density at radius 2 is 2.00 bits per heavy atom. The highest BCUT2D eigenvalue weighted by molar-refractivity contribution is 9.10. The van der Waals surface area contributed by atoms with Gasteiger partial charge in [-0.25, -0.2) is 0 Å². The van der Waals surface area contributed by atoms with Crippen LogP contribution < -0.4 is 0 Å². The van der Waals surface area contributed by atoms with Crippen LogP contribution >= 0.6 is 15.9 Å². The van der Waals surface area contributed by atoms with Crippen LogP contribution in [0.25, 0.3) is 0 Å². The van der Waals surface area contributed by atoms with Crippen LogP contribution in [-0.2, 0) is 9.53 Å². The van der Waals surface area contributed by atoms with Gasteiger partial charge in [-0.15, -0.1) is 0 Å². The number of carbonyl (C=O) groups excluding carboxylic acids is 1. The Hall–Kier alpha value is -0.0500. The fourth-order valence-electron chi connectivity index (χ4n) is 1.08. The minimum atomic E-state index is -0.447. The first-order valence-electron chi connectivity index (χ1n) is 4.46. The van der Waals surface area contributed by atoms with Crippen LogP contribution in [0.4, 0.5) is 0 Å². The molecule has 1 unspecified atom stereocenters. The maximum atomic E-state index is 11.4. The predicted octanol–water partition coefficient (Wildman–Crippen LogP) is 2.89. The molecule has 72 valence electrons. The summed E-state index contributed by atoms with van der Waals surface area (Å²) in [4.78, 5) is 11.4. The molecular formula is C9H17BrO2. The zero-order valence-corrected chi connectivity index (χ0v) is 9.61. The Balaban J connectivity index is 4.18. The molecule has 3 heteroatoms. The van der Waals surface area contributed by atoms with Gasteiger partial charge in [-0.1, -0.05) is 36.2 Å². The summed E-state index contributed by atoms with van der Waals surface area (Å²) in [6.45, 7) is 6.33. The molecule has 0 aliphatic rings. The van der Waals surface area contributed by atoms with Gasteiger partial charge in [-0.05, 0) is 19.8 Å². The van der Waals surface area contributed by atoms with Crippen molar-refractivity contribution in [1.29, 1.82) is 0 Å². The van der Waals surface area contributed by atoms with E-state index in [0.29, 0.717) is 6.61 Å². The number of ether oxygens (including phenoxy) is 1. The van der Waals surface area contributed by atoms with Crippen LogP contribution in [0.5, 0.6) is 0 Å². The molecule has 0 saturated heterocycles. The quantitative estimate of drug-likeness (QED) is 0.542. The van der Waals surface area contributed by atoms with Gasteiger partial charge in [0, 0.05) is 0 Å². The summed E-state index contributed by atoms with van der Waals surface area (Å²) in [7, 11) is 0. The molecule has 0 heterocycles. The van der Waals surface area contributed by atoms with Gasteiger partial charge in [0.2, 0.25) is 0 Å². The number of hydrogen-bond donors (Lipinski definition) is 0. The number of alkyl halides is 1. The molecule has 0 aliphatic heterocycles. The molecule has 0 bridgehead atoms. The summed E-state index contributed by atoms with van der Waals surface area (Å²) >= 11 is 3.44. The summed E-state index contributed by atoms with van der Waals surface area (Å²) in [6.07, 6.45) is 2.60. The largest absolute Gasteiger partial charge is 0.465 e. The molecule has 0 aromatic heterocycles. The second-order valence-corrected chi connectivity index (χ2v) is 4.31. The lowest BCUT2D eigenvalue weighted by Crippen LogP contribution is -2.33. The van der Waals surface area contributed by atoms with E-state index in [2.05, 4.69) is 22.9 Å². The smallest absolute Gasteiger partial charge is 0.322 e. The van der Waals surface area contributed by atoms with E-state index < -0.39 is 4.32 Å². The fraction of sp³-hybridized carbons (Fsp3) is 0.889. The van der Waals surface area contributed by atoms with Crippen molar-refractivity contribution in [3.63, 3.8) is 0 Å². The van der Waals surface area contributed by atoms with Crippen LogP contribution in [0.15, 0.2) is 0 Å². The van der Waals surface area contributed by atoms with E-state index in [-0.39, 0.29) is 5.97 Å². The van der Waals surface area contributed by atoms with Gasteiger partial charge >= 0.3 is 5.97 Å². The standard InChI is InChI=1S/C9H17BrO2/c1-4-7-9(10,5-2)8(11)12-6-3/h4-7H2,1-3H3. The highest BCUT2D eigenvalue weighted by Crippen LogP contribution is 2.29. The van der Waals surface area contributed by atoms with E-state index in [9.17, 15) is 4.79 Å². The number of esters is 1. The minimum Gasteiger partial charge on any atom is -0.465 e. The van der Waals surface area contributed by atoms with Crippen LogP contribution in [0.2, 0.25) is 0 Å². The Morgan fingerprint density at radius 3 is 2.33 bits per heavy atom. The van der Waals surface area contributed by atoms with E-state index in [1.165, 1.54) is 0 Å². The van der Waals surface area contributed by atoms with E-state index in [1.54, 1.807) is 0 Å². The third-order valence-corrected chi connectivity index (χ3v) is 3.13. The Labute approximate surface area is 82.8 Å². The SMILES string of the molecule is CCCC(Br)(CC)C(=O)OCC. The van der Waals surface area contributed by atoms with Gasteiger partial charge in [0.05, 0.1) is 6.61 Å². The van der Waals surface area contributed by atoms with E-state index in [4.69, 9.17) is 4.74 Å². The highest BCUT2D eigenvalue weighted by atomic mass is 79.9. The average Bonchev–Trinajstić information content (AvgIpc) is 2.05. The van der Waals surface area contributed by atoms with Crippen LogP contribution in [-0.4, -0.2) is 16.9 Å². The molecule has 1 atom stereocenters. The van der Waals surface area contributed by atoms with Crippen LogP contribution in [0.3, 0.4) is 0 Å². The molecule has 0 aromatic rings. The summed E-state index contributed by atoms with van der Waals surface area (Å²) < 4.78 is 4.52. The maximum absolute atomic E-state index is 11.4. The molecule has 12 heavy (non-hydrogen) atoms. The number of halogens is 1. The molecule has 0 spiro atoms. The molecule has 0 aromatic carbocycles. The Bertz CT molecular complexity index is 147. The van der Waals surface area contributed by atoms with Crippen molar-refractivity contribution < 1.29 is 9.53 Å². The maximum Gasteiger partial charge on any atom is 0.322 e. The monoisotopic (exact) mass is 236 g/mol. The van der Waals surface area contributed by atoms with Crippen molar-refractivity contribution in [1.82, 2.24) is 0 Å². The predicted molar refractivity (Wildman–Crippen MR) is 53.5 cm³/mol. The Kier molecular flexibility index (Phi) is 5.55. The Morgan fingerprint density at radius 1 is 1.42 bits per heavy atom. The van der Waals surface area contributed by atoms with Crippen molar-refractivity contribution in [3.8, 4) is 0 Å². The first-order chi connectivity index (χ1) is 5.60. The molecule has 0 N–H and O–H groups in total. The number of rotatable bonds is 5. The van der Waals surface area contributed by atoms with Gasteiger partial charge in [-0.3, -0.25) is 4.79 Å². The summed E-state index contributed by atoms with van der Waals surface area (Å²) in [5.74, 6) is -0.130. The molecular weight excluding hydrogens is 220 g/mol. The van der Waals surface area contributed by atoms with E-state index in [0.717, 1.165) is 19.3 Å². The summed E-state index contributed by atoms with van der Waals surface area (Å²) in [5.41, 5.74) is 0. The van der Waals surface area contributed by atoms with E-state index in [1.807, 2.05) is 13.8 Å². The second kappa shape index (κ2) is 5.57. The van der Waals surface area contributed by atoms with Gasteiger partial charge < -0.3 is 4.74 Å². The topological polar surface area (TPSA) is 26.3 Å². The molecule has 0 rings (SSSR count). The average molecular weight is 237 g/mol. The molecule has 2 nitrogen and oxygen atoms in total. The molecule has 0 aliphatic carbocycles. The lowest BCUT2D eigenvalue weighted by molar-refractivity contribution is -0.146. The molecule has 0 radical (unpaired) electrons. The molecule has 0 fully saturated rings. The normalized spacial score (nSPS) is 15.3. The van der Waals surface area contributed by atoms with Crippen molar-refractivity contribution >= 4 is 21.9 Å². The lowest BCUT2D eigenvalue weighted by atomic mass is 10.0. The van der Waals surface area contributed by atoms with Gasteiger partial charge in [0.15, 0.2) is 0 Å². The first-order valence-corrected chi connectivity index (χ1v) is 5.26. The van der Waals surface area contributed by atoms with Crippen molar-refractivity contribution in [2.24, 2.45) is 0 Å². The third-order valence-electron chi connectivity index (χ3n) is 1.85. The number of carbonyl (C=O) groups is 1. The van der Waals surface area contributed by atoms with Crippen molar-refractivity contribution in [2.45, 2.75) is 44.4 Å². The second-order valence-electron chi connectivity index (χ2n) is 2.79.